The number of aryl methyl sites for hydroxylation is 2. The Balaban J connectivity index is 1.78. The predicted molar refractivity (Wildman–Crippen MR) is 107 cm³/mol. The van der Waals surface area contributed by atoms with Crippen molar-refractivity contribution < 1.29 is 9.53 Å². The van der Waals surface area contributed by atoms with E-state index in [0.29, 0.717) is 11.6 Å². The fourth-order valence-corrected chi connectivity index (χ4v) is 2.68. The van der Waals surface area contributed by atoms with Crippen LogP contribution >= 0.6 is 0 Å². The van der Waals surface area contributed by atoms with Crippen molar-refractivity contribution >= 4 is 23.2 Å². The van der Waals surface area contributed by atoms with Gasteiger partial charge in [0.2, 0.25) is 5.95 Å². The highest BCUT2D eigenvalue weighted by molar-refractivity contribution is 6.03. The van der Waals surface area contributed by atoms with Gasteiger partial charge < -0.3 is 15.4 Å². The second-order valence-corrected chi connectivity index (χ2v) is 6.09. The molecule has 0 unspecified atom stereocenters. The Morgan fingerprint density at radius 2 is 2.00 bits per heavy atom. The normalized spacial score (nSPS) is 10.3. The maximum atomic E-state index is 12.6. The highest BCUT2D eigenvalue weighted by Gasteiger charge is 2.12. The third kappa shape index (κ3) is 4.61. The largest absolute Gasteiger partial charge is 0.497 e. The summed E-state index contributed by atoms with van der Waals surface area (Å²) in [5.74, 6) is 0.794. The van der Waals surface area contributed by atoms with Crippen LogP contribution in [0.15, 0.2) is 54.7 Å². The van der Waals surface area contributed by atoms with Gasteiger partial charge in [-0.15, -0.1) is 0 Å². The van der Waals surface area contributed by atoms with E-state index >= 15 is 0 Å². The molecule has 0 aliphatic rings. The minimum Gasteiger partial charge on any atom is -0.497 e. The van der Waals surface area contributed by atoms with E-state index in [1.165, 1.54) is 0 Å². The number of carbonyl (C=O) groups is 1. The van der Waals surface area contributed by atoms with Gasteiger partial charge in [0.25, 0.3) is 5.91 Å². The van der Waals surface area contributed by atoms with Crippen LogP contribution in [-0.4, -0.2) is 23.0 Å². The number of hydrogen-bond acceptors (Lipinski definition) is 5. The number of hydrogen-bond donors (Lipinski definition) is 2. The van der Waals surface area contributed by atoms with E-state index in [1.807, 2.05) is 49.4 Å². The van der Waals surface area contributed by atoms with Crippen LogP contribution in [0.3, 0.4) is 0 Å². The van der Waals surface area contributed by atoms with E-state index < -0.39 is 0 Å². The van der Waals surface area contributed by atoms with Gasteiger partial charge in [-0.25, -0.2) is 9.97 Å². The molecule has 138 valence electrons. The zero-order valence-electron chi connectivity index (χ0n) is 15.6. The zero-order valence-corrected chi connectivity index (χ0v) is 15.6. The SMILES string of the molecule is CCc1ccc(C)cc1NC(=O)c1ccnc(Nc2cccc(OC)c2)n1. The lowest BCUT2D eigenvalue weighted by atomic mass is 10.1. The van der Waals surface area contributed by atoms with Crippen molar-refractivity contribution in [3.05, 3.63) is 71.5 Å². The summed E-state index contributed by atoms with van der Waals surface area (Å²) in [6.45, 7) is 4.05. The molecule has 0 spiro atoms. The number of methoxy groups -OCH3 is 1. The van der Waals surface area contributed by atoms with Crippen LogP contribution in [0, 0.1) is 6.92 Å². The minimum absolute atomic E-state index is 0.272. The first kappa shape index (κ1) is 18.4. The molecule has 3 aromatic rings. The van der Waals surface area contributed by atoms with Crippen molar-refractivity contribution in [2.24, 2.45) is 0 Å². The summed E-state index contributed by atoms with van der Waals surface area (Å²) in [5.41, 5.74) is 4.05. The molecule has 0 atom stereocenters. The average Bonchev–Trinajstić information content (AvgIpc) is 2.68. The summed E-state index contributed by atoms with van der Waals surface area (Å²) in [6, 6.07) is 15.0. The van der Waals surface area contributed by atoms with Gasteiger partial charge in [0, 0.05) is 23.6 Å². The monoisotopic (exact) mass is 362 g/mol. The molecular formula is C21H22N4O2. The number of rotatable bonds is 6. The number of anilines is 3. The minimum atomic E-state index is -0.272. The lowest BCUT2D eigenvalue weighted by molar-refractivity contribution is 0.102. The number of carbonyl (C=O) groups excluding carboxylic acids is 1. The third-order valence-electron chi connectivity index (χ3n) is 4.11. The molecule has 1 aromatic heterocycles. The number of ether oxygens (including phenoxy) is 1. The smallest absolute Gasteiger partial charge is 0.274 e. The van der Waals surface area contributed by atoms with Crippen molar-refractivity contribution in [3.63, 3.8) is 0 Å². The summed E-state index contributed by atoms with van der Waals surface area (Å²) < 4.78 is 5.21. The summed E-state index contributed by atoms with van der Waals surface area (Å²) in [6.07, 6.45) is 2.39. The number of benzene rings is 2. The maximum absolute atomic E-state index is 12.6. The lowest BCUT2D eigenvalue weighted by Gasteiger charge is -2.11. The molecule has 3 rings (SSSR count). The van der Waals surface area contributed by atoms with Crippen molar-refractivity contribution in [2.75, 3.05) is 17.7 Å². The Kier molecular flexibility index (Phi) is 5.66. The molecule has 2 N–H and O–H groups in total. The van der Waals surface area contributed by atoms with Crippen LogP contribution in [0.25, 0.3) is 0 Å². The van der Waals surface area contributed by atoms with E-state index in [1.54, 1.807) is 19.4 Å². The van der Waals surface area contributed by atoms with E-state index in [-0.39, 0.29) is 5.91 Å². The Hall–Kier alpha value is -3.41. The second-order valence-electron chi connectivity index (χ2n) is 6.09. The predicted octanol–water partition coefficient (Wildman–Crippen LogP) is 4.35. The summed E-state index contributed by atoms with van der Waals surface area (Å²) in [5, 5.41) is 6.04. The number of aromatic nitrogens is 2. The topological polar surface area (TPSA) is 76.1 Å². The van der Waals surface area contributed by atoms with Crippen LogP contribution in [0.1, 0.15) is 28.5 Å². The van der Waals surface area contributed by atoms with E-state index in [4.69, 9.17) is 4.74 Å². The molecule has 1 amide bonds. The molecule has 1 heterocycles. The van der Waals surface area contributed by atoms with Gasteiger partial charge in [-0.3, -0.25) is 4.79 Å². The van der Waals surface area contributed by atoms with Crippen LogP contribution in [0.2, 0.25) is 0 Å². The molecule has 0 aliphatic heterocycles. The van der Waals surface area contributed by atoms with Crippen molar-refractivity contribution in [3.8, 4) is 5.75 Å². The third-order valence-corrected chi connectivity index (χ3v) is 4.11. The zero-order chi connectivity index (χ0) is 19.2. The van der Waals surface area contributed by atoms with Gasteiger partial charge in [-0.2, -0.15) is 0 Å². The summed E-state index contributed by atoms with van der Waals surface area (Å²) in [7, 11) is 1.61. The lowest BCUT2D eigenvalue weighted by Crippen LogP contribution is -2.16. The Morgan fingerprint density at radius 1 is 1.15 bits per heavy atom. The molecule has 0 radical (unpaired) electrons. The first-order valence-electron chi connectivity index (χ1n) is 8.74. The van der Waals surface area contributed by atoms with E-state index in [2.05, 4.69) is 27.5 Å². The number of nitrogens with one attached hydrogen (secondary N) is 2. The highest BCUT2D eigenvalue weighted by Crippen LogP contribution is 2.21. The second kappa shape index (κ2) is 8.31. The van der Waals surface area contributed by atoms with Gasteiger partial charge >= 0.3 is 0 Å². The number of nitrogens with zero attached hydrogens (tertiary/aromatic N) is 2. The molecular weight excluding hydrogens is 340 g/mol. The van der Waals surface area contributed by atoms with Crippen LogP contribution in [0.4, 0.5) is 17.3 Å². The average molecular weight is 362 g/mol. The van der Waals surface area contributed by atoms with Gasteiger partial charge in [0.05, 0.1) is 7.11 Å². The quantitative estimate of drug-likeness (QED) is 0.682. The van der Waals surface area contributed by atoms with Crippen LogP contribution < -0.4 is 15.4 Å². The van der Waals surface area contributed by atoms with Crippen LogP contribution in [-0.2, 0) is 6.42 Å². The first-order chi connectivity index (χ1) is 13.1. The molecule has 6 nitrogen and oxygen atoms in total. The van der Waals surface area contributed by atoms with Gasteiger partial charge in [0.1, 0.15) is 11.4 Å². The maximum Gasteiger partial charge on any atom is 0.274 e. The molecule has 0 bridgehead atoms. The van der Waals surface area contributed by atoms with Gasteiger partial charge in [-0.05, 0) is 48.7 Å². The molecule has 0 saturated heterocycles. The summed E-state index contributed by atoms with van der Waals surface area (Å²) in [4.78, 5) is 21.2. The van der Waals surface area contributed by atoms with Gasteiger partial charge in [0.15, 0.2) is 0 Å². The molecule has 6 heteroatoms. The molecule has 0 saturated carbocycles. The van der Waals surface area contributed by atoms with Crippen molar-refractivity contribution in [1.82, 2.24) is 9.97 Å². The van der Waals surface area contributed by atoms with E-state index in [0.717, 1.165) is 34.7 Å². The fraction of sp³-hybridized carbons (Fsp3) is 0.190. The Morgan fingerprint density at radius 3 is 2.78 bits per heavy atom. The molecule has 0 aliphatic carbocycles. The van der Waals surface area contributed by atoms with Crippen molar-refractivity contribution in [2.45, 2.75) is 20.3 Å². The highest BCUT2D eigenvalue weighted by atomic mass is 16.5. The van der Waals surface area contributed by atoms with Crippen LogP contribution in [0.5, 0.6) is 5.75 Å². The summed E-state index contributed by atoms with van der Waals surface area (Å²) >= 11 is 0. The van der Waals surface area contributed by atoms with Crippen molar-refractivity contribution in [1.29, 1.82) is 0 Å². The molecule has 0 fully saturated rings. The fourth-order valence-electron chi connectivity index (χ4n) is 2.68. The standard InChI is InChI=1S/C21H22N4O2/c1-4-15-9-8-14(2)12-19(15)24-20(26)18-10-11-22-21(25-18)23-16-6-5-7-17(13-16)27-3/h5-13H,4H2,1-3H3,(H,24,26)(H,22,23,25). The molecule has 27 heavy (non-hydrogen) atoms. The first-order valence-corrected chi connectivity index (χ1v) is 8.74. The Bertz CT molecular complexity index is 956. The van der Waals surface area contributed by atoms with E-state index in [9.17, 15) is 4.79 Å². The number of amides is 1. The molecule has 2 aromatic carbocycles. The Labute approximate surface area is 158 Å². The van der Waals surface area contributed by atoms with Gasteiger partial charge in [-0.1, -0.05) is 25.1 Å².